The summed E-state index contributed by atoms with van der Waals surface area (Å²) < 4.78 is 46.4. The van der Waals surface area contributed by atoms with Crippen molar-refractivity contribution in [2.75, 3.05) is 6.61 Å². The van der Waals surface area contributed by atoms with Gasteiger partial charge in [0.25, 0.3) is 0 Å². The molecule has 3 rings (SSSR count). The molecule has 0 radical (unpaired) electrons. The van der Waals surface area contributed by atoms with Crippen molar-refractivity contribution in [3.05, 3.63) is 52.8 Å². The van der Waals surface area contributed by atoms with E-state index in [0.717, 1.165) is 35.8 Å². The Labute approximate surface area is 134 Å². The van der Waals surface area contributed by atoms with Gasteiger partial charge in [-0.15, -0.1) is 0 Å². The van der Waals surface area contributed by atoms with E-state index < -0.39 is 17.5 Å². The van der Waals surface area contributed by atoms with Crippen molar-refractivity contribution in [1.29, 1.82) is 0 Å². The topological polar surface area (TPSA) is 9.23 Å². The Morgan fingerprint density at radius 3 is 2.57 bits per heavy atom. The first-order valence-corrected chi connectivity index (χ1v) is 8.04. The highest BCUT2D eigenvalue weighted by Gasteiger charge is 2.26. The van der Waals surface area contributed by atoms with Crippen LogP contribution in [0.1, 0.15) is 43.7 Å². The van der Waals surface area contributed by atoms with E-state index in [1.54, 1.807) is 12.1 Å². The average Bonchev–Trinajstić information content (AvgIpc) is 2.90. The number of benzene rings is 2. The summed E-state index contributed by atoms with van der Waals surface area (Å²) in [6, 6.07) is 6.50. The molecule has 0 spiro atoms. The summed E-state index contributed by atoms with van der Waals surface area (Å²) in [6.45, 7) is 2.80. The number of hydrogen-bond acceptors (Lipinski definition) is 1. The molecular formula is C19H19F3O. The zero-order valence-corrected chi connectivity index (χ0v) is 13.1. The average molecular weight is 320 g/mol. The van der Waals surface area contributed by atoms with Crippen molar-refractivity contribution in [2.24, 2.45) is 0 Å². The normalized spacial score (nSPS) is 12.2. The number of ether oxygens (including phenoxy) is 1. The first-order chi connectivity index (χ1) is 11.1. The van der Waals surface area contributed by atoms with Crippen LogP contribution in [-0.4, -0.2) is 6.61 Å². The maximum Gasteiger partial charge on any atom is 0.194 e. The lowest BCUT2D eigenvalue weighted by molar-refractivity contribution is 0.305. The van der Waals surface area contributed by atoms with Gasteiger partial charge in [-0.05, 0) is 41.3 Å². The van der Waals surface area contributed by atoms with Crippen LogP contribution in [0, 0.1) is 17.5 Å². The van der Waals surface area contributed by atoms with Crippen LogP contribution in [0.4, 0.5) is 13.2 Å². The van der Waals surface area contributed by atoms with Gasteiger partial charge in [0.2, 0.25) is 0 Å². The van der Waals surface area contributed by atoms with Crippen LogP contribution >= 0.6 is 0 Å². The second-order valence-corrected chi connectivity index (χ2v) is 5.92. The number of rotatable bonds is 6. The molecule has 23 heavy (non-hydrogen) atoms. The molecule has 0 atom stereocenters. The summed E-state index contributed by atoms with van der Waals surface area (Å²) in [5, 5.41) is 0. The molecule has 4 heteroatoms. The van der Waals surface area contributed by atoms with Gasteiger partial charge in [0.05, 0.1) is 6.61 Å². The van der Waals surface area contributed by atoms with Gasteiger partial charge in [0, 0.05) is 12.0 Å². The van der Waals surface area contributed by atoms with Gasteiger partial charge in [-0.3, -0.25) is 0 Å². The van der Waals surface area contributed by atoms with Gasteiger partial charge in [-0.25, -0.2) is 13.2 Å². The Hall–Kier alpha value is -1.97. The van der Waals surface area contributed by atoms with Crippen molar-refractivity contribution in [1.82, 2.24) is 0 Å². The lowest BCUT2D eigenvalue weighted by atomic mass is 10.1. The van der Waals surface area contributed by atoms with Gasteiger partial charge < -0.3 is 4.74 Å². The minimum atomic E-state index is -1.40. The van der Waals surface area contributed by atoms with Crippen molar-refractivity contribution >= 4 is 0 Å². The summed E-state index contributed by atoms with van der Waals surface area (Å²) in [5.74, 6) is -2.91. The van der Waals surface area contributed by atoms with Crippen LogP contribution in [0.15, 0.2) is 24.3 Å². The van der Waals surface area contributed by atoms with Crippen LogP contribution in [0.5, 0.6) is 5.75 Å². The largest absolute Gasteiger partial charge is 0.494 e. The molecule has 2 aromatic rings. The van der Waals surface area contributed by atoms with Gasteiger partial charge in [0.1, 0.15) is 5.75 Å². The molecule has 0 saturated carbocycles. The van der Waals surface area contributed by atoms with E-state index in [0.29, 0.717) is 12.2 Å². The highest BCUT2D eigenvalue weighted by atomic mass is 19.2. The van der Waals surface area contributed by atoms with Crippen molar-refractivity contribution in [3.8, 4) is 16.9 Å². The molecule has 0 heterocycles. The van der Waals surface area contributed by atoms with E-state index in [1.807, 2.05) is 6.07 Å². The van der Waals surface area contributed by atoms with E-state index in [2.05, 4.69) is 6.92 Å². The maximum absolute atomic E-state index is 13.9. The van der Waals surface area contributed by atoms with E-state index >= 15 is 0 Å². The third-order valence-electron chi connectivity index (χ3n) is 4.26. The summed E-state index contributed by atoms with van der Waals surface area (Å²) in [5.41, 5.74) is 2.25. The monoisotopic (exact) mass is 320 g/mol. The predicted molar refractivity (Wildman–Crippen MR) is 84.2 cm³/mol. The van der Waals surface area contributed by atoms with E-state index in [9.17, 15) is 13.2 Å². The van der Waals surface area contributed by atoms with Crippen LogP contribution in [0.25, 0.3) is 11.1 Å². The Bertz CT molecular complexity index is 725. The molecule has 1 aliphatic rings. The van der Waals surface area contributed by atoms with E-state index in [1.165, 1.54) is 12.8 Å². The molecule has 122 valence electrons. The molecule has 0 fully saturated rings. The first kappa shape index (κ1) is 15.9. The zero-order chi connectivity index (χ0) is 16.4. The molecule has 0 aliphatic heterocycles. The predicted octanol–water partition coefficient (Wildman–Crippen LogP) is 5.63. The molecule has 2 aromatic carbocycles. The van der Waals surface area contributed by atoms with Crippen LogP contribution < -0.4 is 4.74 Å². The summed E-state index contributed by atoms with van der Waals surface area (Å²) in [7, 11) is 0. The number of halogens is 3. The van der Waals surface area contributed by atoms with Crippen molar-refractivity contribution in [2.45, 2.75) is 39.0 Å². The number of fused-ring (bicyclic) bond motifs is 3. The van der Waals surface area contributed by atoms with Crippen LogP contribution in [0.2, 0.25) is 0 Å². The van der Waals surface area contributed by atoms with Crippen LogP contribution in [-0.2, 0) is 6.42 Å². The van der Waals surface area contributed by atoms with E-state index in [-0.39, 0.29) is 12.0 Å². The Morgan fingerprint density at radius 1 is 0.957 bits per heavy atom. The van der Waals surface area contributed by atoms with Gasteiger partial charge >= 0.3 is 0 Å². The molecule has 0 aromatic heterocycles. The SMILES string of the molecule is CCCCCCOc1ccc2c(c1)Cc1c-2cc(F)c(F)c1F. The number of unbranched alkanes of at least 4 members (excludes halogenated alkanes) is 3. The molecule has 0 saturated heterocycles. The quantitative estimate of drug-likeness (QED) is 0.422. The fourth-order valence-corrected chi connectivity index (χ4v) is 3.02. The number of hydrogen-bond donors (Lipinski definition) is 0. The van der Waals surface area contributed by atoms with Gasteiger partial charge in [-0.1, -0.05) is 32.3 Å². The molecular weight excluding hydrogens is 301 g/mol. The summed E-state index contributed by atoms with van der Waals surface area (Å²) >= 11 is 0. The van der Waals surface area contributed by atoms with Gasteiger partial charge in [-0.2, -0.15) is 0 Å². The lowest BCUT2D eigenvalue weighted by Crippen LogP contribution is -1.97. The Morgan fingerprint density at radius 2 is 1.78 bits per heavy atom. The smallest absolute Gasteiger partial charge is 0.194 e. The van der Waals surface area contributed by atoms with Crippen molar-refractivity contribution < 1.29 is 17.9 Å². The standard InChI is InChI=1S/C19H19F3O/c1-2-3-4-5-8-23-13-6-7-14-12(9-13)10-16-15(14)11-17(20)19(22)18(16)21/h6-7,9,11H,2-5,8,10H2,1H3. The molecule has 0 unspecified atom stereocenters. The lowest BCUT2D eigenvalue weighted by Gasteiger charge is -2.08. The highest BCUT2D eigenvalue weighted by molar-refractivity contribution is 5.77. The van der Waals surface area contributed by atoms with E-state index in [4.69, 9.17) is 4.74 Å². The molecule has 0 bridgehead atoms. The highest BCUT2D eigenvalue weighted by Crippen LogP contribution is 2.40. The second kappa shape index (κ2) is 6.65. The minimum Gasteiger partial charge on any atom is -0.494 e. The third kappa shape index (κ3) is 3.07. The molecule has 0 N–H and O–H groups in total. The Kier molecular flexibility index (Phi) is 4.60. The van der Waals surface area contributed by atoms with Crippen molar-refractivity contribution in [3.63, 3.8) is 0 Å². The van der Waals surface area contributed by atoms with Gasteiger partial charge in [0.15, 0.2) is 17.5 Å². The second-order valence-electron chi connectivity index (χ2n) is 5.92. The first-order valence-electron chi connectivity index (χ1n) is 8.04. The fraction of sp³-hybridized carbons (Fsp3) is 0.368. The Balaban J connectivity index is 1.77. The third-order valence-corrected chi connectivity index (χ3v) is 4.26. The molecule has 0 amide bonds. The molecule has 1 aliphatic carbocycles. The fourth-order valence-electron chi connectivity index (χ4n) is 3.02. The van der Waals surface area contributed by atoms with Crippen LogP contribution in [0.3, 0.4) is 0 Å². The summed E-state index contributed by atoms with van der Waals surface area (Å²) in [6.07, 6.45) is 4.77. The summed E-state index contributed by atoms with van der Waals surface area (Å²) in [4.78, 5) is 0. The maximum atomic E-state index is 13.9. The minimum absolute atomic E-state index is 0.221. The zero-order valence-electron chi connectivity index (χ0n) is 13.1. The molecule has 1 nitrogen and oxygen atoms in total.